The number of hydrogen-bond acceptors (Lipinski definition) is 4. The smallest absolute Gasteiger partial charge is 0.240 e. The van der Waals surface area contributed by atoms with Gasteiger partial charge >= 0.3 is 0 Å². The third-order valence-corrected chi connectivity index (χ3v) is 5.13. The van der Waals surface area contributed by atoms with E-state index in [2.05, 4.69) is 17.0 Å². The van der Waals surface area contributed by atoms with Crippen LogP contribution in [0.2, 0.25) is 0 Å². The summed E-state index contributed by atoms with van der Waals surface area (Å²) in [6.07, 6.45) is 3.95. The topological polar surface area (TPSA) is 101 Å². The molecule has 0 aromatic heterocycles. The Kier molecular flexibility index (Phi) is 8.22. The van der Waals surface area contributed by atoms with Crippen molar-refractivity contribution in [1.82, 2.24) is 10.0 Å². The predicted molar refractivity (Wildman–Crippen MR) is 91.5 cm³/mol. The summed E-state index contributed by atoms with van der Waals surface area (Å²) in [6.45, 7) is 2.55. The monoisotopic (exact) mass is 341 g/mol. The van der Waals surface area contributed by atoms with Crippen LogP contribution in [-0.4, -0.2) is 34.0 Å². The largest absolute Gasteiger partial charge is 0.352 e. The van der Waals surface area contributed by atoms with Gasteiger partial charge in [-0.25, -0.2) is 13.1 Å². The number of nitrogens with two attached hydrogens (primary N) is 1. The number of benzene rings is 1. The molecule has 23 heavy (non-hydrogen) atoms. The van der Waals surface area contributed by atoms with Crippen molar-refractivity contribution in [3.63, 3.8) is 0 Å². The lowest BCUT2D eigenvalue weighted by Crippen LogP contribution is -2.40. The molecular weight excluding hydrogens is 314 g/mol. The summed E-state index contributed by atoms with van der Waals surface area (Å²) in [5, 5.41) is 2.95. The normalized spacial score (nSPS) is 12.8. The number of aryl methyl sites for hydroxylation is 1. The van der Waals surface area contributed by atoms with E-state index < -0.39 is 10.0 Å². The fraction of sp³-hybridized carbons (Fsp3) is 0.562. The molecule has 0 aliphatic heterocycles. The highest BCUT2D eigenvalue weighted by Gasteiger charge is 2.12. The fourth-order valence-electron chi connectivity index (χ4n) is 2.21. The van der Waals surface area contributed by atoms with Crippen LogP contribution >= 0.6 is 0 Å². The molecule has 0 spiro atoms. The molecule has 0 bridgehead atoms. The van der Waals surface area contributed by atoms with Gasteiger partial charge in [0.15, 0.2) is 0 Å². The molecule has 0 saturated heterocycles. The quantitative estimate of drug-likeness (QED) is 0.594. The van der Waals surface area contributed by atoms with Crippen LogP contribution in [-0.2, 0) is 21.2 Å². The van der Waals surface area contributed by atoms with Crippen LogP contribution in [0.1, 0.15) is 38.2 Å². The zero-order chi connectivity index (χ0) is 17.3. The van der Waals surface area contributed by atoms with Crippen LogP contribution in [0.25, 0.3) is 0 Å². The van der Waals surface area contributed by atoms with E-state index in [1.165, 1.54) is 7.05 Å². The van der Waals surface area contributed by atoms with Gasteiger partial charge in [0, 0.05) is 19.0 Å². The Morgan fingerprint density at radius 1 is 1.26 bits per heavy atom. The average molecular weight is 341 g/mol. The maximum atomic E-state index is 11.9. The maximum absolute atomic E-state index is 11.9. The molecule has 0 heterocycles. The van der Waals surface area contributed by atoms with E-state index in [1.807, 2.05) is 0 Å². The van der Waals surface area contributed by atoms with E-state index in [0.717, 1.165) is 24.8 Å². The van der Waals surface area contributed by atoms with Crippen LogP contribution in [0.3, 0.4) is 0 Å². The second-order valence-corrected chi connectivity index (χ2v) is 7.38. The van der Waals surface area contributed by atoms with Gasteiger partial charge in [-0.05, 0) is 37.6 Å². The van der Waals surface area contributed by atoms with Gasteiger partial charge in [-0.3, -0.25) is 4.79 Å². The molecule has 1 unspecified atom stereocenters. The Labute approximate surface area is 138 Å². The molecule has 1 atom stereocenters. The summed E-state index contributed by atoms with van der Waals surface area (Å²) in [5.41, 5.74) is 6.59. The van der Waals surface area contributed by atoms with E-state index >= 15 is 0 Å². The van der Waals surface area contributed by atoms with Crippen molar-refractivity contribution in [1.29, 1.82) is 0 Å². The van der Waals surface area contributed by atoms with Crippen molar-refractivity contribution >= 4 is 15.9 Å². The number of sulfonamides is 1. The first-order valence-electron chi connectivity index (χ1n) is 7.94. The Balaban J connectivity index is 2.50. The minimum atomic E-state index is -3.42. The van der Waals surface area contributed by atoms with E-state index in [-0.39, 0.29) is 16.8 Å². The van der Waals surface area contributed by atoms with E-state index in [1.54, 1.807) is 24.3 Å². The second kappa shape index (κ2) is 9.64. The van der Waals surface area contributed by atoms with Gasteiger partial charge in [0.05, 0.1) is 4.90 Å². The minimum Gasteiger partial charge on any atom is -0.352 e. The molecule has 0 radical (unpaired) electrons. The Bertz CT molecular complexity index is 585. The second-order valence-electron chi connectivity index (χ2n) is 5.49. The zero-order valence-electron chi connectivity index (χ0n) is 13.8. The highest BCUT2D eigenvalue weighted by Crippen LogP contribution is 2.11. The molecule has 1 aromatic carbocycles. The van der Waals surface area contributed by atoms with Crippen LogP contribution in [0, 0.1) is 0 Å². The Morgan fingerprint density at radius 2 is 1.91 bits per heavy atom. The number of rotatable bonds is 10. The summed E-state index contributed by atoms with van der Waals surface area (Å²) < 4.78 is 25.5. The van der Waals surface area contributed by atoms with Crippen LogP contribution < -0.4 is 15.8 Å². The average Bonchev–Trinajstić information content (AvgIpc) is 2.57. The third kappa shape index (κ3) is 6.68. The van der Waals surface area contributed by atoms with Crippen molar-refractivity contribution in [2.75, 3.05) is 13.6 Å². The highest BCUT2D eigenvalue weighted by atomic mass is 32.2. The lowest BCUT2D eigenvalue weighted by Gasteiger charge is -2.16. The van der Waals surface area contributed by atoms with Crippen molar-refractivity contribution in [2.45, 2.75) is 50.0 Å². The first-order chi connectivity index (χ1) is 10.9. The van der Waals surface area contributed by atoms with Crippen molar-refractivity contribution in [3.05, 3.63) is 29.8 Å². The van der Waals surface area contributed by atoms with Gasteiger partial charge in [0.1, 0.15) is 0 Å². The summed E-state index contributed by atoms with van der Waals surface area (Å²) in [5.74, 6) is -0.0246. The maximum Gasteiger partial charge on any atom is 0.240 e. The molecule has 0 saturated carbocycles. The van der Waals surface area contributed by atoms with Gasteiger partial charge in [0.25, 0.3) is 0 Å². The van der Waals surface area contributed by atoms with E-state index in [9.17, 15) is 13.2 Å². The lowest BCUT2D eigenvalue weighted by molar-refractivity contribution is -0.121. The molecular formula is C16H27N3O3S. The van der Waals surface area contributed by atoms with Crippen LogP contribution in [0.5, 0.6) is 0 Å². The molecule has 1 aromatic rings. The summed E-state index contributed by atoms with van der Waals surface area (Å²) in [4.78, 5) is 12.2. The van der Waals surface area contributed by atoms with Crippen LogP contribution in [0.15, 0.2) is 29.2 Å². The van der Waals surface area contributed by atoms with Gasteiger partial charge in [-0.1, -0.05) is 31.9 Å². The van der Waals surface area contributed by atoms with Gasteiger partial charge in [0.2, 0.25) is 15.9 Å². The number of unbranched alkanes of at least 4 members (excludes halogenated alkanes) is 1. The van der Waals surface area contributed by atoms with E-state index in [4.69, 9.17) is 5.73 Å². The summed E-state index contributed by atoms with van der Waals surface area (Å²) in [7, 11) is -2.04. The fourth-order valence-corrected chi connectivity index (χ4v) is 2.94. The molecule has 130 valence electrons. The highest BCUT2D eigenvalue weighted by molar-refractivity contribution is 7.89. The number of carbonyl (C=O) groups is 1. The first kappa shape index (κ1) is 19.6. The van der Waals surface area contributed by atoms with Crippen molar-refractivity contribution in [2.24, 2.45) is 5.73 Å². The van der Waals surface area contributed by atoms with Crippen molar-refractivity contribution in [3.8, 4) is 0 Å². The summed E-state index contributed by atoms with van der Waals surface area (Å²) in [6, 6.07) is 6.58. The molecule has 0 aliphatic rings. The summed E-state index contributed by atoms with van der Waals surface area (Å²) >= 11 is 0. The molecule has 0 fully saturated rings. The predicted octanol–water partition coefficient (Wildman–Crippen LogP) is 1.16. The number of nitrogens with one attached hydrogen (secondary N) is 2. The van der Waals surface area contributed by atoms with Gasteiger partial charge < -0.3 is 11.1 Å². The molecule has 7 heteroatoms. The molecule has 0 aliphatic carbocycles. The third-order valence-electron chi connectivity index (χ3n) is 3.70. The Hall–Kier alpha value is -1.44. The van der Waals surface area contributed by atoms with Crippen molar-refractivity contribution < 1.29 is 13.2 Å². The first-order valence-corrected chi connectivity index (χ1v) is 9.43. The molecule has 1 rings (SSSR count). The number of carbonyl (C=O) groups excluding carboxylic acids is 1. The van der Waals surface area contributed by atoms with Crippen LogP contribution in [0.4, 0.5) is 0 Å². The van der Waals surface area contributed by atoms with Gasteiger partial charge in [-0.2, -0.15) is 0 Å². The Morgan fingerprint density at radius 3 is 2.43 bits per heavy atom. The number of amides is 1. The minimum absolute atomic E-state index is 0.0246. The number of hydrogen-bond donors (Lipinski definition) is 3. The molecule has 6 nitrogen and oxygen atoms in total. The molecule has 1 amide bonds. The van der Waals surface area contributed by atoms with Gasteiger partial charge in [-0.15, -0.1) is 0 Å². The molecule has 4 N–H and O–H groups in total. The van der Waals surface area contributed by atoms with E-state index in [0.29, 0.717) is 19.4 Å². The standard InChI is InChI=1S/C16H27N3O3S/c1-3-4-5-14(12-17)19-16(20)11-8-13-6-9-15(10-7-13)23(21,22)18-2/h6-7,9-10,14,18H,3-5,8,11-12,17H2,1-2H3,(H,19,20). The lowest BCUT2D eigenvalue weighted by atomic mass is 10.1. The SMILES string of the molecule is CCCCC(CN)NC(=O)CCc1ccc(S(=O)(=O)NC)cc1. The zero-order valence-corrected chi connectivity index (χ0v) is 14.7.